The van der Waals surface area contributed by atoms with Gasteiger partial charge in [0.05, 0.1) is 16.7 Å². The van der Waals surface area contributed by atoms with Crippen molar-refractivity contribution in [3.8, 4) is 0 Å². The number of piperidine rings is 1. The lowest BCUT2D eigenvalue weighted by Gasteiger charge is -2.28. The molecule has 5 heteroatoms. The molecule has 1 aliphatic heterocycles. The predicted molar refractivity (Wildman–Crippen MR) is 73.8 cm³/mol. The van der Waals surface area contributed by atoms with Crippen molar-refractivity contribution in [1.29, 1.82) is 0 Å². The van der Waals surface area contributed by atoms with Crippen molar-refractivity contribution in [2.24, 2.45) is 5.92 Å². The number of hydrogen-bond acceptors (Lipinski definition) is 4. The number of carbonyl (C=O) groups is 1. The molecule has 100 valence electrons. The van der Waals surface area contributed by atoms with Crippen LogP contribution in [0.15, 0.2) is 5.38 Å². The Balaban J connectivity index is 1.74. The highest BCUT2D eigenvalue weighted by Crippen LogP contribution is 2.15. The van der Waals surface area contributed by atoms with Crippen molar-refractivity contribution in [2.75, 3.05) is 13.1 Å². The minimum Gasteiger partial charge on any atom is -0.354 e. The van der Waals surface area contributed by atoms with Crippen molar-refractivity contribution in [1.82, 2.24) is 15.6 Å². The SMILES string of the molecule is Cc1nc(CCNC(=O)C2NCCCC2C)cs1. The van der Waals surface area contributed by atoms with Gasteiger partial charge in [0.25, 0.3) is 0 Å². The van der Waals surface area contributed by atoms with Gasteiger partial charge in [0.1, 0.15) is 0 Å². The minimum atomic E-state index is -0.0177. The number of nitrogens with one attached hydrogen (secondary N) is 2. The van der Waals surface area contributed by atoms with Crippen molar-refractivity contribution < 1.29 is 4.79 Å². The third-order valence-corrected chi connectivity index (χ3v) is 4.22. The average Bonchev–Trinajstić information content (AvgIpc) is 2.75. The Morgan fingerprint density at radius 2 is 2.50 bits per heavy atom. The van der Waals surface area contributed by atoms with Gasteiger partial charge in [0.2, 0.25) is 5.91 Å². The number of thiazole rings is 1. The second-order valence-electron chi connectivity index (χ2n) is 4.95. The number of nitrogens with zero attached hydrogens (tertiary/aromatic N) is 1. The molecule has 1 fully saturated rings. The first kappa shape index (κ1) is 13.5. The zero-order valence-electron chi connectivity index (χ0n) is 11.0. The fourth-order valence-corrected chi connectivity index (χ4v) is 2.99. The number of aromatic nitrogens is 1. The number of hydrogen-bond donors (Lipinski definition) is 2. The predicted octanol–water partition coefficient (Wildman–Crippen LogP) is 1.50. The Labute approximate surface area is 112 Å². The molecule has 1 aliphatic rings. The zero-order valence-corrected chi connectivity index (χ0v) is 11.8. The van der Waals surface area contributed by atoms with Gasteiger partial charge in [-0.3, -0.25) is 4.79 Å². The van der Waals surface area contributed by atoms with Crippen molar-refractivity contribution in [3.63, 3.8) is 0 Å². The molecule has 2 unspecified atom stereocenters. The molecule has 0 aromatic carbocycles. The summed E-state index contributed by atoms with van der Waals surface area (Å²) in [6.07, 6.45) is 3.12. The second kappa shape index (κ2) is 6.29. The number of carbonyl (C=O) groups excluding carboxylic acids is 1. The number of amides is 1. The van der Waals surface area contributed by atoms with Gasteiger partial charge in [-0.05, 0) is 32.2 Å². The number of aryl methyl sites for hydroxylation is 1. The van der Waals surface area contributed by atoms with Gasteiger partial charge in [-0.2, -0.15) is 0 Å². The van der Waals surface area contributed by atoms with Crippen LogP contribution in [0.2, 0.25) is 0 Å². The molecule has 0 spiro atoms. The van der Waals surface area contributed by atoms with E-state index < -0.39 is 0 Å². The van der Waals surface area contributed by atoms with Crippen LogP contribution < -0.4 is 10.6 Å². The molecular weight excluding hydrogens is 246 g/mol. The second-order valence-corrected chi connectivity index (χ2v) is 6.01. The molecule has 4 nitrogen and oxygen atoms in total. The van der Waals surface area contributed by atoms with Crippen molar-refractivity contribution >= 4 is 17.2 Å². The summed E-state index contributed by atoms with van der Waals surface area (Å²) < 4.78 is 0. The molecule has 1 aromatic rings. The van der Waals surface area contributed by atoms with Crippen LogP contribution in [0.5, 0.6) is 0 Å². The van der Waals surface area contributed by atoms with Crippen LogP contribution in [0, 0.1) is 12.8 Å². The third-order valence-electron chi connectivity index (χ3n) is 3.40. The van der Waals surface area contributed by atoms with E-state index in [0.29, 0.717) is 12.5 Å². The van der Waals surface area contributed by atoms with E-state index in [4.69, 9.17) is 0 Å². The van der Waals surface area contributed by atoms with Gasteiger partial charge in [-0.1, -0.05) is 6.92 Å². The van der Waals surface area contributed by atoms with Crippen LogP contribution in [-0.4, -0.2) is 30.0 Å². The summed E-state index contributed by atoms with van der Waals surface area (Å²) in [7, 11) is 0. The molecule has 1 aromatic heterocycles. The molecular formula is C13H21N3OS. The summed E-state index contributed by atoms with van der Waals surface area (Å²) in [5, 5.41) is 9.44. The smallest absolute Gasteiger partial charge is 0.237 e. The largest absolute Gasteiger partial charge is 0.354 e. The van der Waals surface area contributed by atoms with E-state index in [1.165, 1.54) is 6.42 Å². The van der Waals surface area contributed by atoms with Crippen LogP contribution in [0.4, 0.5) is 0 Å². The normalized spacial score (nSPS) is 23.9. The first-order valence-electron chi connectivity index (χ1n) is 6.59. The maximum Gasteiger partial charge on any atom is 0.237 e. The highest BCUT2D eigenvalue weighted by molar-refractivity contribution is 7.09. The maximum absolute atomic E-state index is 12.0. The molecule has 2 N–H and O–H groups in total. The van der Waals surface area contributed by atoms with Gasteiger partial charge in [-0.25, -0.2) is 4.98 Å². The Morgan fingerprint density at radius 1 is 1.67 bits per heavy atom. The minimum absolute atomic E-state index is 0.0177. The molecule has 2 rings (SSSR count). The van der Waals surface area contributed by atoms with E-state index in [1.807, 2.05) is 6.92 Å². The lowest BCUT2D eigenvalue weighted by atomic mass is 9.92. The van der Waals surface area contributed by atoms with E-state index in [2.05, 4.69) is 27.9 Å². The Hall–Kier alpha value is -0.940. The average molecular weight is 267 g/mol. The molecule has 1 saturated heterocycles. The molecule has 2 atom stereocenters. The highest BCUT2D eigenvalue weighted by atomic mass is 32.1. The van der Waals surface area contributed by atoms with Gasteiger partial charge in [-0.15, -0.1) is 11.3 Å². The molecule has 0 radical (unpaired) electrons. The van der Waals surface area contributed by atoms with Crippen molar-refractivity contribution in [2.45, 2.75) is 39.2 Å². The Morgan fingerprint density at radius 3 is 3.17 bits per heavy atom. The summed E-state index contributed by atoms with van der Waals surface area (Å²) in [5.41, 5.74) is 1.07. The first-order valence-corrected chi connectivity index (χ1v) is 7.47. The molecule has 0 bridgehead atoms. The highest BCUT2D eigenvalue weighted by Gasteiger charge is 2.26. The fraction of sp³-hybridized carbons (Fsp3) is 0.692. The fourth-order valence-electron chi connectivity index (χ4n) is 2.35. The van der Waals surface area contributed by atoms with Crippen molar-refractivity contribution in [3.05, 3.63) is 16.1 Å². The summed E-state index contributed by atoms with van der Waals surface area (Å²) in [6.45, 7) is 5.77. The topological polar surface area (TPSA) is 54.0 Å². The van der Waals surface area contributed by atoms with E-state index in [-0.39, 0.29) is 11.9 Å². The Bertz CT molecular complexity index is 405. The summed E-state index contributed by atoms with van der Waals surface area (Å²) >= 11 is 1.66. The lowest BCUT2D eigenvalue weighted by Crippen LogP contribution is -2.51. The molecule has 0 saturated carbocycles. The monoisotopic (exact) mass is 267 g/mol. The van der Waals surface area contributed by atoms with Crippen LogP contribution in [0.3, 0.4) is 0 Å². The summed E-state index contributed by atoms with van der Waals surface area (Å²) in [6, 6.07) is -0.0177. The van der Waals surface area contributed by atoms with E-state index in [9.17, 15) is 4.79 Å². The van der Waals surface area contributed by atoms with Crippen LogP contribution in [0.25, 0.3) is 0 Å². The Kier molecular flexibility index (Phi) is 4.72. The zero-order chi connectivity index (χ0) is 13.0. The van der Waals surface area contributed by atoms with Crippen LogP contribution in [-0.2, 0) is 11.2 Å². The number of rotatable bonds is 4. The van der Waals surface area contributed by atoms with Crippen LogP contribution in [0.1, 0.15) is 30.5 Å². The van der Waals surface area contributed by atoms with Gasteiger partial charge in [0, 0.05) is 18.3 Å². The standard InChI is InChI=1S/C13H21N3OS/c1-9-4-3-6-14-12(9)13(17)15-7-5-11-8-18-10(2)16-11/h8-9,12,14H,3-7H2,1-2H3,(H,15,17). The third kappa shape index (κ3) is 3.53. The maximum atomic E-state index is 12.0. The van der Waals surface area contributed by atoms with Gasteiger partial charge < -0.3 is 10.6 Å². The molecule has 18 heavy (non-hydrogen) atoms. The molecule has 0 aliphatic carbocycles. The summed E-state index contributed by atoms with van der Waals surface area (Å²) in [4.78, 5) is 16.4. The van der Waals surface area contributed by atoms with Crippen LogP contribution >= 0.6 is 11.3 Å². The lowest BCUT2D eigenvalue weighted by molar-refractivity contribution is -0.124. The quantitative estimate of drug-likeness (QED) is 0.869. The van der Waals surface area contributed by atoms with E-state index in [0.717, 1.165) is 30.1 Å². The molecule has 1 amide bonds. The molecule has 2 heterocycles. The first-order chi connectivity index (χ1) is 8.66. The van der Waals surface area contributed by atoms with E-state index in [1.54, 1.807) is 11.3 Å². The van der Waals surface area contributed by atoms with Gasteiger partial charge >= 0.3 is 0 Å². The van der Waals surface area contributed by atoms with E-state index >= 15 is 0 Å². The summed E-state index contributed by atoms with van der Waals surface area (Å²) in [5.74, 6) is 0.564. The van der Waals surface area contributed by atoms with Gasteiger partial charge in [0.15, 0.2) is 0 Å².